The van der Waals surface area contributed by atoms with Crippen molar-refractivity contribution in [2.45, 2.75) is 13.8 Å². The molecular formula is C12H11BrN2O3. The molecular weight excluding hydrogens is 300 g/mol. The van der Waals surface area contributed by atoms with Crippen LogP contribution < -0.4 is 10.2 Å². The highest BCUT2D eigenvalue weighted by atomic mass is 79.9. The molecule has 0 saturated carbocycles. The lowest BCUT2D eigenvalue weighted by atomic mass is 9.88. The number of halogens is 1. The van der Waals surface area contributed by atoms with Gasteiger partial charge in [0.2, 0.25) is 11.8 Å². The molecule has 1 aromatic rings. The molecule has 0 bridgehead atoms. The molecule has 1 saturated heterocycles. The Hall–Kier alpha value is -1.69. The van der Waals surface area contributed by atoms with Crippen LogP contribution in [0.4, 0.5) is 10.5 Å². The van der Waals surface area contributed by atoms with Gasteiger partial charge in [-0.05, 0) is 38.1 Å². The minimum atomic E-state index is -1.25. The predicted octanol–water partition coefficient (Wildman–Crippen LogP) is 2.06. The third kappa shape index (κ3) is 1.92. The quantitative estimate of drug-likeness (QED) is 0.807. The van der Waals surface area contributed by atoms with E-state index in [4.69, 9.17) is 0 Å². The summed E-state index contributed by atoms with van der Waals surface area (Å²) in [5.74, 6) is -1.11. The van der Waals surface area contributed by atoms with Crippen molar-refractivity contribution in [3.05, 3.63) is 28.7 Å². The van der Waals surface area contributed by atoms with E-state index in [1.807, 2.05) is 0 Å². The van der Waals surface area contributed by atoms with E-state index in [0.29, 0.717) is 5.69 Å². The van der Waals surface area contributed by atoms with Crippen LogP contribution >= 0.6 is 15.9 Å². The van der Waals surface area contributed by atoms with Crippen molar-refractivity contribution in [3.63, 3.8) is 0 Å². The summed E-state index contributed by atoms with van der Waals surface area (Å²) < 4.78 is 0.839. The van der Waals surface area contributed by atoms with Crippen LogP contribution in [0.1, 0.15) is 13.8 Å². The predicted molar refractivity (Wildman–Crippen MR) is 68.9 cm³/mol. The summed E-state index contributed by atoms with van der Waals surface area (Å²) in [4.78, 5) is 36.5. The molecule has 18 heavy (non-hydrogen) atoms. The normalized spacial score (nSPS) is 18.8. The lowest BCUT2D eigenvalue weighted by molar-refractivity contribution is -0.140. The summed E-state index contributed by atoms with van der Waals surface area (Å²) in [7, 11) is 0. The molecule has 1 N–H and O–H groups in total. The van der Waals surface area contributed by atoms with Crippen molar-refractivity contribution in [2.24, 2.45) is 5.41 Å². The molecule has 0 radical (unpaired) electrons. The number of imide groups is 2. The fraction of sp³-hybridized carbons (Fsp3) is 0.250. The van der Waals surface area contributed by atoms with E-state index in [-0.39, 0.29) is 0 Å². The van der Waals surface area contributed by atoms with Crippen LogP contribution in [0.2, 0.25) is 0 Å². The van der Waals surface area contributed by atoms with Gasteiger partial charge in [0, 0.05) is 4.47 Å². The molecule has 6 heteroatoms. The van der Waals surface area contributed by atoms with Gasteiger partial charge in [0.05, 0.1) is 5.69 Å². The fourth-order valence-electron chi connectivity index (χ4n) is 1.60. The van der Waals surface area contributed by atoms with Gasteiger partial charge in [-0.2, -0.15) is 0 Å². The molecule has 1 heterocycles. The number of barbiturate groups is 1. The zero-order valence-corrected chi connectivity index (χ0v) is 11.4. The van der Waals surface area contributed by atoms with Gasteiger partial charge < -0.3 is 0 Å². The van der Waals surface area contributed by atoms with E-state index in [1.165, 1.54) is 13.8 Å². The molecule has 1 aromatic carbocycles. The number of carbonyl (C=O) groups excluding carboxylic acids is 3. The first-order valence-electron chi connectivity index (χ1n) is 5.29. The standard InChI is InChI=1S/C12H11BrN2O3/c1-12(2)9(16)14-11(18)15(10(12)17)8-5-3-7(13)4-6-8/h3-6H,1-2H3,(H,14,16,18). The molecule has 0 atom stereocenters. The van der Waals surface area contributed by atoms with Crippen molar-refractivity contribution < 1.29 is 14.4 Å². The average molecular weight is 311 g/mol. The maximum atomic E-state index is 12.2. The van der Waals surface area contributed by atoms with Crippen molar-refractivity contribution in [2.75, 3.05) is 4.90 Å². The number of hydrogen-bond donors (Lipinski definition) is 1. The van der Waals surface area contributed by atoms with Crippen LogP contribution in [0, 0.1) is 5.41 Å². The van der Waals surface area contributed by atoms with E-state index in [0.717, 1.165) is 9.37 Å². The highest BCUT2D eigenvalue weighted by molar-refractivity contribution is 9.10. The van der Waals surface area contributed by atoms with Crippen LogP contribution in [0.3, 0.4) is 0 Å². The zero-order valence-electron chi connectivity index (χ0n) is 9.86. The zero-order chi connectivity index (χ0) is 13.5. The van der Waals surface area contributed by atoms with Gasteiger partial charge in [0.1, 0.15) is 5.41 Å². The minimum Gasteiger partial charge on any atom is -0.276 e. The van der Waals surface area contributed by atoms with Gasteiger partial charge in [-0.1, -0.05) is 15.9 Å². The Morgan fingerprint density at radius 2 is 1.67 bits per heavy atom. The van der Waals surface area contributed by atoms with Crippen LogP contribution in [-0.2, 0) is 9.59 Å². The highest BCUT2D eigenvalue weighted by Gasteiger charge is 2.47. The maximum Gasteiger partial charge on any atom is 0.335 e. The van der Waals surface area contributed by atoms with Gasteiger partial charge in [-0.25, -0.2) is 9.69 Å². The first kappa shape index (κ1) is 12.8. The Bertz CT molecular complexity index is 537. The van der Waals surface area contributed by atoms with Gasteiger partial charge in [0.15, 0.2) is 0 Å². The number of hydrogen-bond acceptors (Lipinski definition) is 3. The summed E-state index contributed by atoms with van der Waals surface area (Å²) in [5.41, 5.74) is -0.817. The summed E-state index contributed by atoms with van der Waals surface area (Å²) in [6.07, 6.45) is 0. The molecule has 0 unspecified atom stereocenters. The molecule has 4 amide bonds. The second-order valence-electron chi connectivity index (χ2n) is 4.50. The molecule has 1 aliphatic heterocycles. The van der Waals surface area contributed by atoms with E-state index >= 15 is 0 Å². The molecule has 0 aliphatic carbocycles. The Kier molecular flexibility index (Phi) is 2.98. The van der Waals surface area contributed by atoms with Crippen LogP contribution in [-0.4, -0.2) is 17.8 Å². The van der Waals surface area contributed by atoms with Gasteiger partial charge in [-0.3, -0.25) is 14.9 Å². The average Bonchev–Trinajstić information content (AvgIpc) is 2.30. The van der Waals surface area contributed by atoms with E-state index in [1.54, 1.807) is 24.3 Å². The van der Waals surface area contributed by atoms with Gasteiger partial charge in [0.25, 0.3) is 0 Å². The van der Waals surface area contributed by atoms with E-state index in [9.17, 15) is 14.4 Å². The van der Waals surface area contributed by atoms with Crippen LogP contribution in [0.5, 0.6) is 0 Å². The Labute approximate surface area is 112 Å². The number of nitrogens with one attached hydrogen (secondary N) is 1. The number of rotatable bonds is 1. The molecule has 1 fully saturated rings. The topological polar surface area (TPSA) is 66.5 Å². The number of carbonyl (C=O) groups is 3. The number of nitrogens with zero attached hydrogens (tertiary/aromatic N) is 1. The summed E-state index contributed by atoms with van der Waals surface area (Å²) in [5, 5.41) is 2.18. The monoisotopic (exact) mass is 310 g/mol. The Morgan fingerprint density at radius 1 is 1.11 bits per heavy atom. The van der Waals surface area contributed by atoms with E-state index in [2.05, 4.69) is 21.2 Å². The van der Waals surface area contributed by atoms with Crippen molar-refractivity contribution in [1.29, 1.82) is 0 Å². The number of urea groups is 1. The second-order valence-corrected chi connectivity index (χ2v) is 5.42. The largest absolute Gasteiger partial charge is 0.335 e. The first-order chi connectivity index (χ1) is 8.34. The first-order valence-corrected chi connectivity index (χ1v) is 6.09. The number of anilines is 1. The summed E-state index contributed by atoms with van der Waals surface area (Å²) in [6, 6.07) is 5.99. The van der Waals surface area contributed by atoms with Crippen molar-refractivity contribution in [3.8, 4) is 0 Å². The molecule has 0 aromatic heterocycles. The molecule has 5 nitrogen and oxygen atoms in total. The maximum absolute atomic E-state index is 12.2. The molecule has 94 valence electrons. The lowest BCUT2D eigenvalue weighted by Crippen LogP contribution is -2.62. The molecule has 2 rings (SSSR count). The number of amides is 4. The Balaban J connectivity index is 2.43. The fourth-order valence-corrected chi connectivity index (χ4v) is 1.87. The van der Waals surface area contributed by atoms with Crippen LogP contribution in [0.15, 0.2) is 28.7 Å². The van der Waals surface area contributed by atoms with Gasteiger partial charge in [-0.15, -0.1) is 0 Å². The van der Waals surface area contributed by atoms with Crippen molar-refractivity contribution in [1.82, 2.24) is 5.32 Å². The molecule has 0 spiro atoms. The lowest BCUT2D eigenvalue weighted by Gasteiger charge is -2.34. The third-order valence-electron chi connectivity index (χ3n) is 2.81. The number of benzene rings is 1. The Morgan fingerprint density at radius 3 is 2.22 bits per heavy atom. The summed E-state index contributed by atoms with van der Waals surface area (Å²) >= 11 is 3.27. The third-order valence-corrected chi connectivity index (χ3v) is 3.34. The highest BCUT2D eigenvalue weighted by Crippen LogP contribution is 2.28. The minimum absolute atomic E-state index is 0.432. The van der Waals surface area contributed by atoms with E-state index < -0.39 is 23.3 Å². The summed E-state index contributed by atoms with van der Waals surface area (Å²) in [6.45, 7) is 2.98. The van der Waals surface area contributed by atoms with Crippen molar-refractivity contribution >= 4 is 39.5 Å². The van der Waals surface area contributed by atoms with Crippen LogP contribution in [0.25, 0.3) is 0 Å². The SMILES string of the molecule is CC1(C)C(=O)NC(=O)N(c2ccc(Br)cc2)C1=O. The smallest absolute Gasteiger partial charge is 0.276 e. The second kappa shape index (κ2) is 4.20. The van der Waals surface area contributed by atoms with Gasteiger partial charge >= 0.3 is 6.03 Å². The molecule has 1 aliphatic rings.